The van der Waals surface area contributed by atoms with Gasteiger partial charge in [-0.05, 0) is 75.5 Å². The highest BCUT2D eigenvalue weighted by Gasteiger charge is 2.31. The van der Waals surface area contributed by atoms with Crippen molar-refractivity contribution in [1.82, 2.24) is 20.0 Å². The summed E-state index contributed by atoms with van der Waals surface area (Å²) < 4.78 is 5.41. The Balaban J connectivity index is 1.80. The molecule has 0 spiro atoms. The normalized spacial score (nSPS) is 16.3. The van der Waals surface area contributed by atoms with Crippen molar-refractivity contribution >= 4 is 40.3 Å². The van der Waals surface area contributed by atoms with E-state index in [9.17, 15) is 14.4 Å². The fraction of sp³-hybridized carbons (Fsp3) is 0.567. The third-order valence-electron chi connectivity index (χ3n) is 6.84. The van der Waals surface area contributed by atoms with Gasteiger partial charge in [-0.25, -0.2) is 4.79 Å². The molecule has 8 nitrogen and oxygen atoms in total. The van der Waals surface area contributed by atoms with Gasteiger partial charge in [-0.2, -0.15) is 11.8 Å². The first-order chi connectivity index (χ1) is 18.7. The number of fused-ring (bicyclic) bond motifs is 1. The summed E-state index contributed by atoms with van der Waals surface area (Å²) in [4.78, 5) is 45.0. The minimum Gasteiger partial charge on any atom is -0.461 e. The van der Waals surface area contributed by atoms with Gasteiger partial charge in [0, 0.05) is 25.7 Å². The minimum absolute atomic E-state index is 0.0402. The van der Waals surface area contributed by atoms with Crippen molar-refractivity contribution in [2.45, 2.75) is 57.8 Å². The van der Waals surface area contributed by atoms with E-state index in [0.717, 1.165) is 41.5 Å². The number of likely N-dealkylation sites (N-methyl/N-ethyl adjacent to an activating group) is 1. The van der Waals surface area contributed by atoms with Gasteiger partial charge in [0.05, 0.1) is 19.2 Å². The van der Waals surface area contributed by atoms with Crippen molar-refractivity contribution in [2.75, 3.05) is 52.3 Å². The minimum atomic E-state index is -0.684. The molecule has 2 aromatic carbocycles. The number of thioether (sulfide) groups is 1. The van der Waals surface area contributed by atoms with Gasteiger partial charge in [0.15, 0.2) is 0 Å². The number of nitrogens with zero attached hydrogens (tertiary/aromatic N) is 3. The van der Waals surface area contributed by atoms with Crippen LogP contribution >= 0.6 is 11.8 Å². The predicted octanol–water partition coefficient (Wildman–Crippen LogP) is 3.38. The molecule has 0 aliphatic carbocycles. The number of amides is 2. The van der Waals surface area contributed by atoms with Gasteiger partial charge >= 0.3 is 5.97 Å². The molecular weight excluding hydrogens is 512 g/mol. The first-order valence-corrected chi connectivity index (χ1v) is 15.2. The molecule has 214 valence electrons. The van der Waals surface area contributed by atoms with E-state index in [1.807, 2.05) is 62.2 Å². The van der Waals surface area contributed by atoms with Crippen LogP contribution in [0, 0.1) is 0 Å². The summed E-state index contributed by atoms with van der Waals surface area (Å²) in [5, 5.41) is 5.24. The van der Waals surface area contributed by atoms with Crippen LogP contribution in [0.1, 0.15) is 38.7 Å². The average molecular weight is 557 g/mol. The fourth-order valence-electron chi connectivity index (χ4n) is 5.11. The third-order valence-corrected chi connectivity index (χ3v) is 7.49. The highest BCUT2D eigenvalue weighted by molar-refractivity contribution is 7.98. The summed E-state index contributed by atoms with van der Waals surface area (Å²) in [6, 6.07) is 13.8. The SMILES string of the molecule is CSCCC(NC(=O)CN(Cc1cccc2ccccc12)C[C@@H]1CCCN1C(=O)CN(C)C)C(=O)OC(C)C. The number of rotatable bonds is 14. The number of hydrogen-bond donors (Lipinski definition) is 1. The van der Waals surface area contributed by atoms with Crippen LogP contribution in [0.5, 0.6) is 0 Å². The van der Waals surface area contributed by atoms with E-state index in [1.165, 1.54) is 0 Å². The van der Waals surface area contributed by atoms with E-state index >= 15 is 0 Å². The zero-order chi connectivity index (χ0) is 28.4. The van der Waals surface area contributed by atoms with Crippen LogP contribution in [0.25, 0.3) is 10.8 Å². The molecule has 9 heteroatoms. The Morgan fingerprint density at radius 3 is 2.56 bits per heavy atom. The molecule has 0 bridgehead atoms. The van der Waals surface area contributed by atoms with E-state index in [1.54, 1.807) is 11.8 Å². The zero-order valence-electron chi connectivity index (χ0n) is 24.0. The second-order valence-electron chi connectivity index (χ2n) is 10.8. The predicted molar refractivity (Wildman–Crippen MR) is 159 cm³/mol. The Bertz CT molecular complexity index is 1100. The number of benzene rings is 2. The lowest BCUT2D eigenvalue weighted by Crippen LogP contribution is -2.50. The number of esters is 1. The van der Waals surface area contributed by atoms with Crippen molar-refractivity contribution in [3.05, 3.63) is 48.0 Å². The maximum absolute atomic E-state index is 13.4. The van der Waals surface area contributed by atoms with Crippen LogP contribution < -0.4 is 5.32 Å². The maximum Gasteiger partial charge on any atom is 0.328 e. The summed E-state index contributed by atoms with van der Waals surface area (Å²) in [6.45, 7) is 6.00. The first-order valence-electron chi connectivity index (χ1n) is 13.8. The second kappa shape index (κ2) is 15.2. The van der Waals surface area contributed by atoms with Crippen LogP contribution in [-0.2, 0) is 25.7 Å². The molecule has 0 aromatic heterocycles. The van der Waals surface area contributed by atoms with E-state index in [4.69, 9.17) is 4.74 Å². The Labute approximate surface area is 237 Å². The molecule has 39 heavy (non-hydrogen) atoms. The van der Waals surface area contributed by atoms with Crippen molar-refractivity contribution < 1.29 is 19.1 Å². The van der Waals surface area contributed by atoms with Gasteiger partial charge in [-0.15, -0.1) is 0 Å². The molecule has 1 unspecified atom stereocenters. The number of carbonyl (C=O) groups is 3. The summed E-state index contributed by atoms with van der Waals surface area (Å²) in [6.07, 6.45) is 4.10. The summed E-state index contributed by atoms with van der Waals surface area (Å²) in [5.74, 6) is 0.240. The summed E-state index contributed by atoms with van der Waals surface area (Å²) >= 11 is 1.63. The Morgan fingerprint density at radius 1 is 1.10 bits per heavy atom. The average Bonchev–Trinajstić information content (AvgIpc) is 3.34. The number of likely N-dealkylation sites (tertiary alicyclic amines) is 1. The van der Waals surface area contributed by atoms with Crippen LogP contribution in [0.4, 0.5) is 0 Å². The Hall–Kier alpha value is -2.62. The molecule has 1 heterocycles. The molecule has 2 atom stereocenters. The molecule has 2 aromatic rings. The zero-order valence-corrected chi connectivity index (χ0v) is 24.8. The number of ether oxygens (including phenoxy) is 1. The van der Waals surface area contributed by atoms with Crippen molar-refractivity contribution in [2.24, 2.45) is 0 Å². The van der Waals surface area contributed by atoms with E-state index < -0.39 is 12.0 Å². The maximum atomic E-state index is 13.4. The summed E-state index contributed by atoms with van der Waals surface area (Å²) in [7, 11) is 3.80. The van der Waals surface area contributed by atoms with Crippen LogP contribution in [-0.4, -0.2) is 103 Å². The Kier molecular flexibility index (Phi) is 12.1. The van der Waals surface area contributed by atoms with E-state index in [-0.39, 0.29) is 30.5 Å². The van der Waals surface area contributed by atoms with Gasteiger partial charge in [0.1, 0.15) is 6.04 Å². The van der Waals surface area contributed by atoms with E-state index in [0.29, 0.717) is 26.1 Å². The van der Waals surface area contributed by atoms with Crippen LogP contribution in [0.15, 0.2) is 42.5 Å². The van der Waals surface area contributed by atoms with E-state index in [2.05, 4.69) is 34.5 Å². The third kappa shape index (κ3) is 9.51. The smallest absolute Gasteiger partial charge is 0.328 e. The number of hydrogen-bond acceptors (Lipinski definition) is 7. The van der Waals surface area contributed by atoms with Crippen LogP contribution in [0.3, 0.4) is 0 Å². The summed E-state index contributed by atoms with van der Waals surface area (Å²) in [5.41, 5.74) is 1.13. The molecule has 1 aliphatic heterocycles. The monoisotopic (exact) mass is 556 g/mol. The quantitative estimate of drug-likeness (QED) is 0.357. The molecule has 1 aliphatic rings. The van der Waals surface area contributed by atoms with Crippen molar-refractivity contribution in [3.8, 4) is 0 Å². The number of nitrogens with one attached hydrogen (secondary N) is 1. The fourth-order valence-corrected chi connectivity index (χ4v) is 5.58. The number of carbonyl (C=O) groups excluding carboxylic acids is 3. The standard InChI is InChI=1S/C30H44N4O4S/c1-22(2)38-30(37)27(15-17-39-5)31-28(35)20-33(18-24-12-8-11-23-10-6-7-14-26(23)24)19-25-13-9-16-34(25)29(36)21-32(3)4/h6-8,10-12,14,22,25,27H,9,13,15-21H2,1-5H3,(H,31,35)/t25-,27?/m0/s1. The lowest BCUT2D eigenvalue weighted by atomic mass is 10.0. The lowest BCUT2D eigenvalue weighted by molar-refractivity contribution is -0.151. The first kappa shape index (κ1) is 30.9. The Morgan fingerprint density at radius 2 is 1.85 bits per heavy atom. The molecule has 0 saturated carbocycles. The van der Waals surface area contributed by atoms with Gasteiger partial charge in [-0.1, -0.05) is 42.5 Å². The molecule has 3 rings (SSSR count). The molecule has 0 radical (unpaired) electrons. The molecule has 1 saturated heterocycles. The molecule has 2 amide bonds. The molecular formula is C30H44N4O4S. The van der Waals surface area contributed by atoms with Gasteiger partial charge in [0.25, 0.3) is 0 Å². The second-order valence-corrected chi connectivity index (χ2v) is 11.8. The topological polar surface area (TPSA) is 82.2 Å². The van der Waals surface area contributed by atoms with Gasteiger partial charge in [0.2, 0.25) is 11.8 Å². The largest absolute Gasteiger partial charge is 0.461 e. The molecule has 1 fully saturated rings. The highest BCUT2D eigenvalue weighted by Crippen LogP contribution is 2.23. The highest BCUT2D eigenvalue weighted by atomic mass is 32.2. The lowest BCUT2D eigenvalue weighted by Gasteiger charge is -2.32. The van der Waals surface area contributed by atoms with Gasteiger partial charge < -0.3 is 19.9 Å². The van der Waals surface area contributed by atoms with Gasteiger partial charge in [-0.3, -0.25) is 14.5 Å². The molecule has 1 N–H and O–H groups in total. The van der Waals surface area contributed by atoms with Crippen LogP contribution in [0.2, 0.25) is 0 Å². The van der Waals surface area contributed by atoms with Crippen molar-refractivity contribution in [3.63, 3.8) is 0 Å². The van der Waals surface area contributed by atoms with Crippen molar-refractivity contribution in [1.29, 1.82) is 0 Å².